The number of nitrogens with one attached hydrogen (secondary N) is 1. The number of hydrogen-bond acceptors (Lipinski definition) is 3. The Morgan fingerprint density at radius 2 is 2.38 bits per heavy atom. The summed E-state index contributed by atoms with van der Waals surface area (Å²) in [7, 11) is 0. The predicted octanol–water partition coefficient (Wildman–Crippen LogP) is -0.243. The Bertz CT molecular complexity index is 236. The molecule has 0 aliphatic carbocycles. The van der Waals surface area contributed by atoms with Crippen molar-refractivity contribution in [3.63, 3.8) is 0 Å². The standard InChI is InChI=1S/C9H13N3O/c1-2-5-8(11)9(13)12-7-4-3-6-10/h1,8H,3-5,7,11H2,(H,12,13). The minimum Gasteiger partial charge on any atom is -0.355 e. The van der Waals surface area contributed by atoms with Crippen LogP contribution in [-0.2, 0) is 4.79 Å². The molecule has 0 saturated heterocycles. The second-order valence-corrected chi connectivity index (χ2v) is 2.57. The summed E-state index contributed by atoms with van der Waals surface area (Å²) in [6.07, 6.45) is 6.31. The maximum Gasteiger partial charge on any atom is 0.237 e. The molecule has 0 aromatic carbocycles. The van der Waals surface area contributed by atoms with Gasteiger partial charge in [0.25, 0.3) is 0 Å². The van der Waals surface area contributed by atoms with Crippen LogP contribution in [0.3, 0.4) is 0 Å². The highest BCUT2D eigenvalue weighted by Gasteiger charge is 2.10. The Balaban J connectivity index is 3.52. The quantitative estimate of drug-likeness (QED) is 0.451. The fourth-order valence-electron chi connectivity index (χ4n) is 0.730. The van der Waals surface area contributed by atoms with Crippen LogP contribution in [0.4, 0.5) is 0 Å². The van der Waals surface area contributed by atoms with Crippen molar-refractivity contribution in [1.29, 1.82) is 5.26 Å². The molecule has 0 saturated carbocycles. The lowest BCUT2D eigenvalue weighted by Crippen LogP contribution is -2.40. The monoisotopic (exact) mass is 179 g/mol. The summed E-state index contributed by atoms with van der Waals surface area (Å²) in [5.74, 6) is 2.06. The van der Waals surface area contributed by atoms with E-state index in [2.05, 4.69) is 11.2 Å². The molecule has 0 spiro atoms. The number of hydrogen-bond donors (Lipinski definition) is 2. The molecule has 0 aromatic rings. The van der Waals surface area contributed by atoms with Gasteiger partial charge < -0.3 is 11.1 Å². The van der Waals surface area contributed by atoms with E-state index in [0.29, 0.717) is 19.4 Å². The van der Waals surface area contributed by atoms with Crippen molar-refractivity contribution >= 4 is 5.91 Å². The minimum atomic E-state index is -0.632. The minimum absolute atomic E-state index is 0.240. The molecule has 4 heteroatoms. The summed E-state index contributed by atoms with van der Waals surface area (Å²) in [6.45, 7) is 0.477. The smallest absolute Gasteiger partial charge is 0.237 e. The van der Waals surface area contributed by atoms with E-state index in [1.807, 2.05) is 6.07 Å². The van der Waals surface area contributed by atoms with Crippen LogP contribution in [-0.4, -0.2) is 18.5 Å². The van der Waals surface area contributed by atoms with Crippen molar-refractivity contribution in [2.45, 2.75) is 25.3 Å². The Morgan fingerprint density at radius 3 is 2.92 bits per heavy atom. The molecular formula is C9H13N3O. The average Bonchev–Trinajstić information content (AvgIpc) is 2.12. The molecule has 1 unspecified atom stereocenters. The molecule has 0 aromatic heterocycles. The third-order valence-corrected chi connectivity index (χ3v) is 1.44. The van der Waals surface area contributed by atoms with Crippen LogP contribution in [0.1, 0.15) is 19.3 Å². The van der Waals surface area contributed by atoms with E-state index in [-0.39, 0.29) is 12.3 Å². The third kappa shape index (κ3) is 5.72. The van der Waals surface area contributed by atoms with E-state index in [1.54, 1.807) is 0 Å². The van der Waals surface area contributed by atoms with Gasteiger partial charge in [0.2, 0.25) is 5.91 Å². The maximum absolute atomic E-state index is 11.1. The zero-order chi connectivity index (χ0) is 10.1. The Morgan fingerprint density at radius 1 is 1.69 bits per heavy atom. The molecule has 4 nitrogen and oxygen atoms in total. The summed E-state index contributed by atoms with van der Waals surface area (Å²) in [4.78, 5) is 11.1. The van der Waals surface area contributed by atoms with Gasteiger partial charge in [-0.2, -0.15) is 5.26 Å². The molecule has 13 heavy (non-hydrogen) atoms. The lowest BCUT2D eigenvalue weighted by molar-refractivity contribution is -0.122. The first-order valence-electron chi connectivity index (χ1n) is 4.06. The topological polar surface area (TPSA) is 78.9 Å². The molecule has 1 atom stereocenters. The van der Waals surface area contributed by atoms with Gasteiger partial charge in [-0.3, -0.25) is 4.79 Å². The Hall–Kier alpha value is -1.52. The van der Waals surface area contributed by atoms with Crippen LogP contribution >= 0.6 is 0 Å². The number of terminal acetylenes is 1. The summed E-state index contributed by atoms with van der Waals surface area (Å²) in [5.41, 5.74) is 5.42. The molecule has 0 aliphatic heterocycles. The van der Waals surface area contributed by atoms with Crippen molar-refractivity contribution < 1.29 is 4.79 Å². The van der Waals surface area contributed by atoms with Gasteiger partial charge in [0.05, 0.1) is 12.1 Å². The largest absolute Gasteiger partial charge is 0.355 e. The molecule has 1 amide bonds. The first-order valence-corrected chi connectivity index (χ1v) is 4.06. The van der Waals surface area contributed by atoms with E-state index in [0.717, 1.165) is 0 Å². The van der Waals surface area contributed by atoms with E-state index >= 15 is 0 Å². The van der Waals surface area contributed by atoms with Crippen molar-refractivity contribution in [3.05, 3.63) is 0 Å². The molecule has 0 heterocycles. The molecule has 0 rings (SSSR count). The fraction of sp³-hybridized carbons (Fsp3) is 0.556. The van der Waals surface area contributed by atoms with Gasteiger partial charge in [-0.25, -0.2) is 0 Å². The predicted molar refractivity (Wildman–Crippen MR) is 49.3 cm³/mol. The van der Waals surface area contributed by atoms with Gasteiger partial charge in [0.1, 0.15) is 0 Å². The zero-order valence-corrected chi connectivity index (χ0v) is 7.42. The first-order chi connectivity index (χ1) is 6.22. The number of nitrogens with zero attached hydrogens (tertiary/aromatic N) is 1. The van der Waals surface area contributed by atoms with Crippen LogP contribution < -0.4 is 11.1 Å². The van der Waals surface area contributed by atoms with Crippen LogP contribution in [0.2, 0.25) is 0 Å². The summed E-state index contributed by atoms with van der Waals surface area (Å²) in [6, 6.07) is 1.35. The number of amides is 1. The second kappa shape index (κ2) is 7.15. The summed E-state index contributed by atoms with van der Waals surface area (Å²) in [5, 5.41) is 10.8. The van der Waals surface area contributed by atoms with E-state index in [1.165, 1.54) is 0 Å². The highest BCUT2D eigenvalue weighted by atomic mass is 16.2. The van der Waals surface area contributed by atoms with Gasteiger partial charge in [0.15, 0.2) is 0 Å². The molecule has 3 N–H and O–H groups in total. The number of nitriles is 1. The van der Waals surface area contributed by atoms with Crippen LogP contribution in [0.25, 0.3) is 0 Å². The summed E-state index contributed by atoms with van der Waals surface area (Å²) >= 11 is 0. The van der Waals surface area contributed by atoms with Gasteiger partial charge in [-0.15, -0.1) is 12.3 Å². The Labute approximate surface area is 78.1 Å². The number of carbonyl (C=O) groups excluding carboxylic acids is 1. The number of rotatable bonds is 5. The second-order valence-electron chi connectivity index (χ2n) is 2.57. The van der Waals surface area contributed by atoms with E-state index in [9.17, 15) is 4.79 Å². The molecule has 70 valence electrons. The molecule has 0 fully saturated rings. The SMILES string of the molecule is C#CCC(N)C(=O)NCCCC#N. The first kappa shape index (κ1) is 11.5. The van der Waals surface area contributed by atoms with Crippen molar-refractivity contribution in [2.24, 2.45) is 5.73 Å². The van der Waals surface area contributed by atoms with Crippen LogP contribution in [0, 0.1) is 23.7 Å². The van der Waals surface area contributed by atoms with Gasteiger partial charge >= 0.3 is 0 Å². The van der Waals surface area contributed by atoms with Crippen LogP contribution in [0.15, 0.2) is 0 Å². The molecule has 0 bridgehead atoms. The number of unbranched alkanes of at least 4 members (excludes halogenated alkanes) is 1. The lowest BCUT2D eigenvalue weighted by atomic mass is 10.2. The number of nitrogens with two attached hydrogens (primary N) is 1. The van der Waals surface area contributed by atoms with E-state index in [4.69, 9.17) is 17.4 Å². The molecular weight excluding hydrogens is 166 g/mol. The third-order valence-electron chi connectivity index (χ3n) is 1.44. The number of carbonyl (C=O) groups is 1. The molecule has 0 radical (unpaired) electrons. The van der Waals surface area contributed by atoms with Gasteiger partial charge in [0, 0.05) is 19.4 Å². The van der Waals surface area contributed by atoms with Crippen molar-refractivity contribution in [3.8, 4) is 18.4 Å². The fourth-order valence-corrected chi connectivity index (χ4v) is 0.730. The average molecular weight is 179 g/mol. The van der Waals surface area contributed by atoms with Gasteiger partial charge in [-0.05, 0) is 6.42 Å². The summed E-state index contributed by atoms with van der Waals surface area (Å²) < 4.78 is 0. The maximum atomic E-state index is 11.1. The highest BCUT2D eigenvalue weighted by Crippen LogP contribution is 1.87. The van der Waals surface area contributed by atoms with Crippen molar-refractivity contribution in [1.82, 2.24) is 5.32 Å². The normalized spacial score (nSPS) is 11.0. The highest BCUT2D eigenvalue weighted by molar-refractivity contribution is 5.81. The van der Waals surface area contributed by atoms with Crippen LogP contribution in [0.5, 0.6) is 0 Å². The molecule has 0 aliphatic rings. The van der Waals surface area contributed by atoms with Crippen molar-refractivity contribution in [2.75, 3.05) is 6.54 Å². The van der Waals surface area contributed by atoms with Gasteiger partial charge in [-0.1, -0.05) is 0 Å². The van der Waals surface area contributed by atoms with E-state index < -0.39 is 6.04 Å². The Kier molecular flexibility index (Phi) is 6.31. The zero-order valence-electron chi connectivity index (χ0n) is 7.42. The lowest BCUT2D eigenvalue weighted by Gasteiger charge is -2.08.